The smallest absolute Gasteiger partial charge is 0.256 e. The first-order chi connectivity index (χ1) is 20.2. The second-order valence-corrected chi connectivity index (χ2v) is 10.8. The van der Waals surface area contributed by atoms with Crippen molar-refractivity contribution >= 4 is 23.6 Å². The molecule has 0 aliphatic carbocycles. The van der Waals surface area contributed by atoms with E-state index < -0.39 is 35.5 Å². The normalized spacial score (nSPS) is 19.3. The quantitative estimate of drug-likeness (QED) is 0.401. The Morgan fingerprint density at radius 1 is 0.857 bits per heavy atom. The summed E-state index contributed by atoms with van der Waals surface area (Å²) in [6.07, 6.45) is 0.256. The largest absolute Gasteiger partial charge is 0.508 e. The van der Waals surface area contributed by atoms with Gasteiger partial charge in [0, 0.05) is 43.7 Å². The zero-order chi connectivity index (χ0) is 29.5. The summed E-state index contributed by atoms with van der Waals surface area (Å²) in [4.78, 5) is 55.4. The Bertz CT molecular complexity index is 1520. The number of piperidine rings is 1. The van der Waals surface area contributed by atoms with Crippen LogP contribution in [-0.4, -0.2) is 80.8 Å². The molecule has 10 nitrogen and oxygen atoms in total. The van der Waals surface area contributed by atoms with E-state index in [1.54, 1.807) is 29.2 Å². The van der Waals surface area contributed by atoms with Crippen molar-refractivity contribution in [3.05, 3.63) is 94.3 Å². The summed E-state index contributed by atoms with van der Waals surface area (Å²) in [6.45, 7) is 1.51. The first-order valence-electron chi connectivity index (χ1n) is 13.8. The van der Waals surface area contributed by atoms with Crippen molar-refractivity contribution in [2.75, 3.05) is 26.2 Å². The van der Waals surface area contributed by atoms with E-state index in [2.05, 4.69) is 10.2 Å². The van der Waals surface area contributed by atoms with Crippen LogP contribution in [0.1, 0.15) is 56.3 Å². The number of halogens is 1. The highest BCUT2D eigenvalue weighted by molar-refractivity contribution is 6.06. The number of phenols is 2. The van der Waals surface area contributed by atoms with Crippen LogP contribution >= 0.6 is 0 Å². The molecule has 2 saturated heterocycles. The van der Waals surface area contributed by atoms with Crippen molar-refractivity contribution in [3.63, 3.8) is 0 Å². The lowest BCUT2D eigenvalue weighted by Gasteiger charge is -2.40. The minimum Gasteiger partial charge on any atom is -0.508 e. The van der Waals surface area contributed by atoms with Crippen LogP contribution in [0.3, 0.4) is 0 Å². The number of aromatic hydroxyl groups is 2. The van der Waals surface area contributed by atoms with Gasteiger partial charge in [-0.15, -0.1) is 0 Å². The van der Waals surface area contributed by atoms with Crippen LogP contribution in [-0.2, 0) is 16.1 Å². The van der Waals surface area contributed by atoms with Gasteiger partial charge < -0.3 is 20.0 Å². The molecule has 6 rings (SSSR count). The molecule has 11 heteroatoms. The Morgan fingerprint density at radius 2 is 1.45 bits per heavy atom. The number of nitrogens with one attached hydrogen (secondary N) is 1. The molecular formula is C31H29FN4O6. The van der Waals surface area contributed by atoms with Gasteiger partial charge >= 0.3 is 0 Å². The zero-order valence-electron chi connectivity index (χ0n) is 22.6. The number of benzene rings is 3. The third-order valence-corrected chi connectivity index (χ3v) is 8.26. The van der Waals surface area contributed by atoms with Crippen molar-refractivity contribution in [1.82, 2.24) is 20.0 Å². The Morgan fingerprint density at radius 3 is 2.02 bits per heavy atom. The van der Waals surface area contributed by atoms with E-state index in [0.29, 0.717) is 26.2 Å². The number of carbonyl (C=O) groups excluding carboxylic acids is 4. The molecule has 3 N–H and O–H groups in total. The lowest BCUT2D eigenvalue weighted by Crippen LogP contribution is -2.52. The molecule has 0 bridgehead atoms. The number of fused-ring (bicyclic) bond motifs is 1. The molecule has 1 unspecified atom stereocenters. The van der Waals surface area contributed by atoms with Crippen LogP contribution in [0, 0.1) is 5.82 Å². The molecule has 3 aliphatic rings. The van der Waals surface area contributed by atoms with Crippen LogP contribution in [0.15, 0.2) is 60.7 Å². The van der Waals surface area contributed by atoms with Crippen molar-refractivity contribution in [2.45, 2.75) is 31.5 Å². The molecule has 0 saturated carbocycles. The fourth-order valence-corrected chi connectivity index (χ4v) is 6.05. The zero-order valence-corrected chi connectivity index (χ0v) is 22.6. The minimum atomic E-state index is -0.871. The summed E-state index contributed by atoms with van der Waals surface area (Å²) in [6, 6.07) is 15.5. The molecular weight excluding hydrogens is 543 g/mol. The number of hydrogen-bond acceptors (Lipinski definition) is 7. The van der Waals surface area contributed by atoms with Gasteiger partial charge in [0.2, 0.25) is 11.8 Å². The fourth-order valence-electron chi connectivity index (χ4n) is 6.05. The summed E-state index contributed by atoms with van der Waals surface area (Å²) < 4.78 is 15.7. The van der Waals surface area contributed by atoms with Gasteiger partial charge in [0.25, 0.3) is 11.8 Å². The number of piperazine rings is 1. The molecule has 0 spiro atoms. The number of imide groups is 1. The molecule has 3 heterocycles. The van der Waals surface area contributed by atoms with E-state index >= 15 is 4.39 Å². The van der Waals surface area contributed by atoms with Gasteiger partial charge in [-0.25, -0.2) is 4.39 Å². The highest BCUT2D eigenvalue weighted by atomic mass is 19.1. The third kappa shape index (κ3) is 4.96. The van der Waals surface area contributed by atoms with Gasteiger partial charge in [0.1, 0.15) is 23.4 Å². The molecule has 3 aromatic carbocycles. The van der Waals surface area contributed by atoms with E-state index in [1.807, 2.05) is 24.3 Å². The molecule has 2 fully saturated rings. The lowest BCUT2D eigenvalue weighted by molar-refractivity contribution is -0.136. The lowest BCUT2D eigenvalue weighted by atomic mass is 9.96. The summed E-state index contributed by atoms with van der Waals surface area (Å²) in [7, 11) is 0. The predicted octanol–water partition coefficient (Wildman–Crippen LogP) is 2.55. The summed E-state index contributed by atoms with van der Waals surface area (Å²) >= 11 is 0. The Balaban J connectivity index is 1.18. The van der Waals surface area contributed by atoms with E-state index in [-0.39, 0.29) is 53.6 Å². The van der Waals surface area contributed by atoms with E-state index in [4.69, 9.17) is 0 Å². The SMILES string of the molecule is O=C1CCC(N2Cc3c(ccc(C(=O)N4CCN(C(c5ccc(O)cc5)c5ccc(O)cc5)CC4)c3F)C2=O)C(=O)N1. The van der Waals surface area contributed by atoms with Gasteiger partial charge in [-0.3, -0.25) is 29.4 Å². The highest BCUT2D eigenvalue weighted by Crippen LogP contribution is 2.33. The van der Waals surface area contributed by atoms with Gasteiger partial charge in [-0.2, -0.15) is 0 Å². The first kappa shape index (κ1) is 27.4. The molecule has 216 valence electrons. The Hall–Kier alpha value is -4.77. The summed E-state index contributed by atoms with van der Waals surface area (Å²) in [5.74, 6) is -2.44. The monoisotopic (exact) mass is 572 g/mol. The van der Waals surface area contributed by atoms with Gasteiger partial charge in [-0.1, -0.05) is 24.3 Å². The molecule has 3 aromatic rings. The summed E-state index contributed by atoms with van der Waals surface area (Å²) in [5, 5.41) is 21.8. The standard InChI is InChI=1S/C31H29FN4O6/c32-27-23(10-9-22-24(27)17-36(31(22)42)25-11-12-26(39)33-29(25)40)30(41)35-15-13-34(14-16-35)28(18-1-5-20(37)6-2-18)19-3-7-21(38)8-4-19/h1-10,25,28,37-38H,11-17H2,(H,33,39,40). The second kappa shape index (κ2) is 10.9. The van der Waals surface area contributed by atoms with Crippen LogP contribution in [0.4, 0.5) is 4.39 Å². The van der Waals surface area contributed by atoms with Crippen molar-refractivity contribution < 1.29 is 33.8 Å². The average Bonchev–Trinajstić information content (AvgIpc) is 3.32. The van der Waals surface area contributed by atoms with Gasteiger partial charge in [0.15, 0.2) is 0 Å². The maximum absolute atomic E-state index is 15.7. The first-order valence-corrected chi connectivity index (χ1v) is 13.8. The molecule has 0 aromatic heterocycles. The van der Waals surface area contributed by atoms with Crippen molar-refractivity contribution in [1.29, 1.82) is 0 Å². The number of rotatable bonds is 5. The maximum atomic E-state index is 15.7. The average molecular weight is 573 g/mol. The third-order valence-electron chi connectivity index (χ3n) is 8.26. The number of hydrogen-bond donors (Lipinski definition) is 3. The van der Waals surface area contributed by atoms with Gasteiger partial charge in [-0.05, 0) is 53.9 Å². The Kier molecular flexibility index (Phi) is 7.11. The number of phenolic OH excluding ortho intramolecular Hbond substituents is 2. The molecule has 0 radical (unpaired) electrons. The van der Waals surface area contributed by atoms with Crippen LogP contribution < -0.4 is 5.32 Å². The van der Waals surface area contributed by atoms with Crippen LogP contribution in [0.2, 0.25) is 0 Å². The molecule has 1 atom stereocenters. The van der Waals surface area contributed by atoms with Crippen LogP contribution in [0.5, 0.6) is 11.5 Å². The molecule has 42 heavy (non-hydrogen) atoms. The van der Waals surface area contributed by atoms with Crippen molar-refractivity contribution in [2.24, 2.45) is 0 Å². The van der Waals surface area contributed by atoms with Crippen LogP contribution in [0.25, 0.3) is 0 Å². The fraction of sp³-hybridized carbons (Fsp3) is 0.290. The summed E-state index contributed by atoms with van der Waals surface area (Å²) in [5.41, 5.74) is 1.94. The Labute approximate surface area is 241 Å². The van der Waals surface area contributed by atoms with E-state index in [9.17, 15) is 29.4 Å². The predicted molar refractivity (Wildman–Crippen MR) is 148 cm³/mol. The highest BCUT2D eigenvalue weighted by Gasteiger charge is 2.41. The minimum absolute atomic E-state index is 0.0777. The number of amides is 4. The van der Waals surface area contributed by atoms with E-state index in [0.717, 1.165) is 11.1 Å². The van der Waals surface area contributed by atoms with Crippen molar-refractivity contribution in [3.8, 4) is 11.5 Å². The topological polar surface area (TPSA) is 130 Å². The second-order valence-electron chi connectivity index (χ2n) is 10.8. The number of nitrogens with zero attached hydrogens (tertiary/aromatic N) is 3. The van der Waals surface area contributed by atoms with E-state index in [1.165, 1.54) is 17.0 Å². The van der Waals surface area contributed by atoms with Gasteiger partial charge in [0.05, 0.1) is 18.2 Å². The number of carbonyl (C=O) groups is 4. The maximum Gasteiger partial charge on any atom is 0.256 e. The molecule has 3 aliphatic heterocycles. The molecule has 4 amide bonds.